The highest BCUT2D eigenvalue weighted by molar-refractivity contribution is 7.80. The van der Waals surface area contributed by atoms with Gasteiger partial charge in [-0.05, 0) is 36.0 Å². The lowest BCUT2D eigenvalue weighted by Crippen LogP contribution is -2.26. The van der Waals surface area contributed by atoms with Crippen LogP contribution < -0.4 is 4.74 Å². The summed E-state index contributed by atoms with van der Waals surface area (Å²) in [4.78, 5) is 15.1. The fourth-order valence-corrected chi connectivity index (χ4v) is 2.76. The lowest BCUT2D eigenvalue weighted by molar-refractivity contribution is -0.121. The Morgan fingerprint density at radius 3 is 2.36 bits per heavy atom. The van der Waals surface area contributed by atoms with Crippen LogP contribution in [0.4, 0.5) is 0 Å². The number of carbonyl (C=O) groups is 1. The highest BCUT2D eigenvalue weighted by atomic mass is 35.5. The summed E-state index contributed by atoms with van der Waals surface area (Å²) < 4.78 is 5.29. The summed E-state index contributed by atoms with van der Waals surface area (Å²) in [7, 11) is 3.35. The molecule has 1 fully saturated rings. The van der Waals surface area contributed by atoms with E-state index in [0.717, 1.165) is 0 Å². The lowest BCUT2D eigenvalue weighted by Gasteiger charge is -2.12. The number of hydrogen-bond donors (Lipinski definition) is 0. The van der Waals surface area contributed by atoms with Crippen LogP contribution in [0.25, 0.3) is 6.08 Å². The van der Waals surface area contributed by atoms with Crippen molar-refractivity contribution in [2.75, 3.05) is 20.7 Å². The van der Waals surface area contributed by atoms with Gasteiger partial charge in [-0.1, -0.05) is 29.1 Å². The third-order valence-electron chi connectivity index (χ3n) is 3.08. The van der Waals surface area contributed by atoms with Crippen LogP contribution >= 0.6 is 35.4 Å². The summed E-state index contributed by atoms with van der Waals surface area (Å²) in [6.45, 7) is 0.0696. The quantitative estimate of drug-likeness (QED) is 0.474. The normalized spacial score (nSPS) is 16.4. The van der Waals surface area contributed by atoms with E-state index in [2.05, 4.69) is 5.92 Å². The summed E-state index contributed by atoms with van der Waals surface area (Å²) >= 11 is 17.4. The van der Waals surface area contributed by atoms with Crippen LogP contribution in [-0.2, 0) is 4.79 Å². The molecule has 7 heteroatoms. The van der Waals surface area contributed by atoms with Gasteiger partial charge in [-0.2, -0.15) is 0 Å². The molecule has 4 nitrogen and oxygen atoms in total. The second-order valence-corrected chi connectivity index (χ2v) is 5.72. The molecule has 1 aliphatic heterocycles. The van der Waals surface area contributed by atoms with Crippen LogP contribution in [0, 0.1) is 12.3 Å². The van der Waals surface area contributed by atoms with E-state index in [4.69, 9.17) is 46.6 Å². The van der Waals surface area contributed by atoms with Gasteiger partial charge in [-0.25, -0.2) is 0 Å². The van der Waals surface area contributed by atoms with E-state index < -0.39 is 0 Å². The maximum atomic E-state index is 12.1. The van der Waals surface area contributed by atoms with Crippen molar-refractivity contribution in [2.45, 2.75) is 0 Å². The average Bonchev–Trinajstić information content (AvgIpc) is 2.64. The standard InChI is InChI=1S/C15H12Cl2N2O2S/c1-4-5-21-13-10(16)6-9(7-11(13)17)8-12-14(20)19(3)15(22)18(12)2/h1,6-8H,5H2,2-3H3/b12-8-. The smallest absolute Gasteiger partial charge is 0.276 e. The van der Waals surface area contributed by atoms with Gasteiger partial charge in [-0.15, -0.1) is 6.42 Å². The molecule has 22 heavy (non-hydrogen) atoms. The largest absolute Gasteiger partial charge is 0.478 e. The molecular formula is C15H12Cl2N2O2S. The van der Waals surface area contributed by atoms with Crippen molar-refractivity contribution in [3.8, 4) is 18.1 Å². The number of rotatable bonds is 3. The summed E-state index contributed by atoms with van der Waals surface area (Å²) in [5.74, 6) is 2.48. The van der Waals surface area contributed by atoms with Crippen molar-refractivity contribution in [3.63, 3.8) is 0 Å². The van der Waals surface area contributed by atoms with Crippen LogP contribution in [0.15, 0.2) is 17.8 Å². The second-order valence-electron chi connectivity index (χ2n) is 4.54. The Morgan fingerprint density at radius 1 is 1.32 bits per heavy atom. The van der Waals surface area contributed by atoms with Gasteiger partial charge >= 0.3 is 0 Å². The number of halogens is 2. The first-order valence-electron chi connectivity index (χ1n) is 6.19. The molecular weight excluding hydrogens is 343 g/mol. The van der Waals surface area contributed by atoms with Gasteiger partial charge in [0.2, 0.25) is 0 Å². The third-order valence-corrected chi connectivity index (χ3v) is 4.19. The zero-order valence-electron chi connectivity index (χ0n) is 11.9. The molecule has 1 aromatic rings. The molecule has 0 unspecified atom stereocenters. The first-order valence-corrected chi connectivity index (χ1v) is 7.36. The van der Waals surface area contributed by atoms with Crippen molar-refractivity contribution in [3.05, 3.63) is 33.4 Å². The molecule has 1 saturated heterocycles. The van der Waals surface area contributed by atoms with Crippen molar-refractivity contribution >= 4 is 52.5 Å². The first-order chi connectivity index (χ1) is 10.4. The molecule has 1 aliphatic rings. The van der Waals surface area contributed by atoms with Gasteiger partial charge in [0, 0.05) is 14.1 Å². The first kappa shape index (κ1) is 16.6. The SMILES string of the molecule is C#CCOc1c(Cl)cc(/C=C2/C(=O)N(C)C(=S)N2C)cc1Cl. The van der Waals surface area contributed by atoms with Crippen LogP contribution in [0.1, 0.15) is 5.56 Å². The van der Waals surface area contributed by atoms with E-state index >= 15 is 0 Å². The van der Waals surface area contributed by atoms with Gasteiger partial charge in [0.25, 0.3) is 5.91 Å². The molecule has 0 aliphatic carbocycles. The maximum absolute atomic E-state index is 12.1. The Balaban J connectivity index is 2.39. The van der Waals surface area contributed by atoms with Crippen LogP contribution in [-0.4, -0.2) is 41.5 Å². The minimum Gasteiger partial charge on any atom is -0.478 e. The number of nitrogens with zero attached hydrogens (tertiary/aromatic N) is 2. The van der Waals surface area contributed by atoms with Gasteiger partial charge in [0.05, 0.1) is 10.0 Å². The van der Waals surface area contributed by atoms with Crippen molar-refractivity contribution in [1.29, 1.82) is 0 Å². The Hall–Kier alpha value is -1.74. The zero-order chi connectivity index (χ0) is 16.4. The molecule has 0 saturated carbocycles. The molecule has 1 heterocycles. The minimum atomic E-state index is -0.188. The maximum Gasteiger partial charge on any atom is 0.276 e. The Morgan fingerprint density at radius 2 is 1.91 bits per heavy atom. The number of benzene rings is 1. The van der Waals surface area contributed by atoms with Gasteiger partial charge in [0.15, 0.2) is 10.9 Å². The third kappa shape index (κ3) is 3.05. The van der Waals surface area contributed by atoms with Crippen molar-refractivity contribution in [2.24, 2.45) is 0 Å². The average molecular weight is 355 g/mol. The van der Waals surface area contributed by atoms with Crippen LogP contribution in [0.2, 0.25) is 10.0 Å². The lowest BCUT2D eigenvalue weighted by atomic mass is 10.1. The number of carbonyl (C=O) groups excluding carboxylic acids is 1. The minimum absolute atomic E-state index is 0.0696. The van der Waals surface area contributed by atoms with E-state index in [9.17, 15) is 4.79 Å². The van der Waals surface area contributed by atoms with Gasteiger partial charge < -0.3 is 9.64 Å². The van der Waals surface area contributed by atoms with Gasteiger partial charge in [-0.3, -0.25) is 9.69 Å². The topological polar surface area (TPSA) is 32.8 Å². The monoisotopic (exact) mass is 354 g/mol. The zero-order valence-corrected chi connectivity index (χ0v) is 14.2. The molecule has 0 bridgehead atoms. The Labute approximate surface area is 144 Å². The van der Waals surface area contributed by atoms with E-state index in [-0.39, 0.29) is 12.5 Å². The predicted molar refractivity (Wildman–Crippen MR) is 91.9 cm³/mol. The number of hydrogen-bond acceptors (Lipinski definition) is 3. The van der Waals surface area contributed by atoms with Gasteiger partial charge in [0.1, 0.15) is 12.3 Å². The highest BCUT2D eigenvalue weighted by Gasteiger charge is 2.32. The summed E-state index contributed by atoms with van der Waals surface area (Å²) in [5.41, 5.74) is 1.10. The molecule has 114 valence electrons. The summed E-state index contributed by atoms with van der Waals surface area (Å²) in [6.07, 6.45) is 6.81. The van der Waals surface area contributed by atoms with E-state index in [0.29, 0.717) is 32.2 Å². The predicted octanol–water partition coefficient (Wildman–Crippen LogP) is 3.04. The van der Waals surface area contributed by atoms with Crippen molar-refractivity contribution in [1.82, 2.24) is 9.80 Å². The fraction of sp³-hybridized carbons (Fsp3) is 0.200. The second kappa shape index (κ2) is 6.57. The number of thiocarbonyl (C=S) groups is 1. The van der Waals surface area contributed by atoms with E-state index in [1.807, 2.05) is 0 Å². The summed E-state index contributed by atoms with van der Waals surface area (Å²) in [5, 5.41) is 1.07. The molecule has 0 N–H and O–H groups in total. The number of amides is 1. The molecule has 0 spiro atoms. The Bertz CT molecular complexity index is 702. The number of likely N-dealkylation sites (N-methyl/N-ethyl adjacent to an activating group) is 2. The molecule has 1 amide bonds. The van der Waals surface area contributed by atoms with Crippen molar-refractivity contribution < 1.29 is 9.53 Å². The van der Waals surface area contributed by atoms with Crippen LogP contribution in [0.3, 0.4) is 0 Å². The molecule has 2 rings (SSSR count). The molecule has 1 aromatic carbocycles. The number of terminal acetylenes is 1. The molecule has 0 radical (unpaired) electrons. The highest BCUT2D eigenvalue weighted by Crippen LogP contribution is 2.35. The number of ether oxygens (including phenoxy) is 1. The van der Waals surface area contributed by atoms with E-state index in [1.165, 1.54) is 4.90 Å². The fourth-order valence-electron chi connectivity index (χ4n) is 1.96. The van der Waals surface area contributed by atoms with Crippen LogP contribution in [0.5, 0.6) is 5.75 Å². The summed E-state index contributed by atoms with van der Waals surface area (Å²) in [6, 6.07) is 3.30. The molecule has 0 aromatic heterocycles. The van der Waals surface area contributed by atoms with E-state index in [1.54, 1.807) is 37.2 Å². The molecule has 0 atom stereocenters. The Kier molecular flexibility index (Phi) is 4.97.